The number of hydrogen-bond donors (Lipinski definition) is 2. The molecule has 2 N–H and O–H groups in total. The fourth-order valence-electron chi connectivity index (χ4n) is 6.17. The molecule has 6 aliphatic rings. The van der Waals surface area contributed by atoms with E-state index in [1.165, 1.54) is 18.2 Å². The molecule has 1 spiro atoms. The molecule has 3 heterocycles. The number of ether oxygens (including phenoxy) is 4. The standard InChI is InChI=1S/C28H33N3O7/c1-34-24-13-28-20-11-19(32)12-23-25(20)27(38-16-37-23)21(28)10-17(26(33)22(28)14-31(24)35-2)4-3-6-29-7-5-18-15-36-9-8-30-18/h10-14,17-18,29-30H,3-9,15-16H2,1-2H3. The van der Waals surface area contributed by atoms with E-state index >= 15 is 0 Å². The first kappa shape index (κ1) is 25.1. The fraction of sp³-hybridized carbons (Fsp3) is 0.500. The molecule has 1 saturated heterocycles. The van der Waals surface area contributed by atoms with E-state index < -0.39 is 5.41 Å². The Morgan fingerprint density at radius 2 is 2.03 bits per heavy atom. The second-order valence-corrected chi connectivity index (χ2v) is 10.1. The van der Waals surface area contributed by atoms with Crippen LogP contribution in [-0.2, 0) is 33.4 Å². The Kier molecular flexibility index (Phi) is 6.73. The second-order valence-electron chi connectivity index (χ2n) is 10.1. The van der Waals surface area contributed by atoms with Gasteiger partial charge in [-0.05, 0) is 50.1 Å². The number of nitrogens with zero attached hydrogens (tertiary/aromatic N) is 1. The van der Waals surface area contributed by atoms with Gasteiger partial charge in [-0.25, -0.2) is 0 Å². The molecule has 6 rings (SSSR count). The number of carbonyl (C=O) groups excluding carboxylic acids is 2. The zero-order valence-electron chi connectivity index (χ0n) is 21.7. The first-order chi connectivity index (χ1) is 18.6. The maximum Gasteiger partial charge on any atom is 0.230 e. The average Bonchev–Trinajstić information content (AvgIpc) is 3.20. The Bertz CT molecular complexity index is 1220. The highest BCUT2D eigenvalue weighted by molar-refractivity contribution is 6.09. The smallest absolute Gasteiger partial charge is 0.230 e. The molecule has 0 aromatic heterocycles. The van der Waals surface area contributed by atoms with Gasteiger partial charge in [-0.3, -0.25) is 14.4 Å². The largest absolute Gasteiger partial charge is 0.481 e. The predicted molar refractivity (Wildman–Crippen MR) is 136 cm³/mol. The number of hydrogen-bond acceptors (Lipinski definition) is 10. The number of methoxy groups -OCH3 is 1. The number of hydroxylamine groups is 2. The van der Waals surface area contributed by atoms with Crippen LogP contribution >= 0.6 is 0 Å². The third-order valence-electron chi connectivity index (χ3n) is 7.96. The summed E-state index contributed by atoms with van der Waals surface area (Å²) < 4.78 is 22.8. The number of allylic oxidation sites excluding steroid dienone is 7. The summed E-state index contributed by atoms with van der Waals surface area (Å²) in [6.45, 7) is 4.14. The number of carbonyl (C=O) groups is 2. The predicted octanol–water partition coefficient (Wildman–Crippen LogP) is 1.76. The Hall–Kier alpha value is -3.18. The van der Waals surface area contributed by atoms with Crippen molar-refractivity contribution in [3.63, 3.8) is 0 Å². The number of morpholine rings is 1. The molecule has 0 aromatic rings. The lowest BCUT2D eigenvalue weighted by atomic mass is 9.62. The SMILES string of the molecule is COC1=CC23C(=CN1OC)C(=O)C(CCCNCCC1COCCN1)C=C2C1=C2C(=CC(=O)C=C23)OCO1. The third kappa shape index (κ3) is 4.03. The molecule has 3 aliphatic carbocycles. The van der Waals surface area contributed by atoms with Crippen LogP contribution in [0.5, 0.6) is 0 Å². The number of rotatable bonds is 9. The molecule has 3 atom stereocenters. The maximum absolute atomic E-state index is 14.0. The molecule has 0 aromatic carbocycles. The molecule has 202 valence electrons. The normalized spacial score (nSPS) is 29.6. The first-order valence-electron chi connectivity index (χ1n) is 13.2. The molecule has 0 bridgehead atoms. The van der Waals surface area contributed by atoms with Gasteiger partial charge in [0.05, 0.1) is 38.4 Å². The van der Waals surface area contributed by atoms with Crippen molar-refractivity contribution in [2.24, 2.45) is 11.3 Å². The molecular formula is C28H33N3O7. The summed E-state index contributed by atoms with van der Waals surface area (Å²) in [6.07, 6.45) is 11.1. The third-order valence-corrected chi connectivity index (χ3v) is 7.96. The van der Waals surface area contributed by atoms with Crippen LogP contribution in [-0.4, -0.2) is 76.5 Å². The first-order valence-corrected chi connectivity index (χ1v) is 13.2. The minimum absolute atomic E-state index is 0.00373. The summed E-state index contributed by atoms with van der Waals surface area (Å²) in [7, 11) is 3.06. The van der Waals surface area contributed by atoms with Gasteiger partial charge in [-0.2, -0.15) is 5.06 Å². The Labute approximate surface area is 221 Å². The fourth-order valence-corrected chi connectivity index (χ4v) is 6.17. The molecule has 10 nitrogen and oxygen atoms in total. The van der Waals surface area contributed by atoms with Gasteiger partial charge in [0.2, 0.25) is 12.7 Å². The highest BCUT2D eigenvalue weighted by Crippen LogP contribution is 2.63. The van der Waals surface area contributed by atoms with Gasteiger partial charge in [0.25, 0.3) is 0 Å². The van der Waals surface area contributed by atoms with Gasteiger partial charge in [0.1, 0.15) is 11.5 Å². The topological polar surface area (TPSA) is 108 Å². The van der Waals surface area contributed by atoms with Crippen molar-refractivity contribution >= 4 is 11.6 Å². The van der Waals surface area contributed by atoms with Crippen LogP contribution < -0.4 is 10.6 Å². The molecule has 3 aliphatic heterocycles. The molecule has 0 radical (unpaired) electrons. The molecule has 3 unspecified atom stereocenters. The van der Waals surface area contributed by atoms with Crippen molar-refractivity contribution in [2.45, 2.75) is 25.3 Å². The van der Waals surface area contributed by atoms with E-state index in [-0.39, 0.29) is 24.3 Å². The van der Waals surface area contributed by atoms with Crippen LogP contribution in [0.2, 0.25) is 0 Å². The number of Topliss-reactive ketones (excluding diaryl/α,β-unsaturated/α-hetero) is 1. The van der Waals surface area contributed by atoms with Gasteiger partial charge >= 0.3 is 0 Å². The second kappa shape index (κ2) is 10.2. The molecule has 38 heavy (non-hydrogen) atoms. The van der Waals surface area contributed by atoms with Crippen LogP contribution in [0.1, 0.15) is 19.3 Å². The number of fused-ring (bicyclic) bond motifs is 1. The number of nitrogens with one attached hydrogen (secondary N) is 2. The van der Waals surface area contributed by atoms with E-state index in [0.29, 0.717) is 41.0 Å². The van der Waals surface area contributed by atoms with Crippen LogP contribution in [0.4, 0.5) is 0 Å². The van der Waals surface area contributed by atoms with E-state index in [1.807, 2.05) is 12.2 Å². The van der Waals surface area contributed by atoms with Crippen LogP contribution in [0.3, 0.4) is 0 Å². The van der Waals surface area contributed by atoms with E-state index in [4.69, 9.17) is 23.8 Å². The highest BCUT2D eigenvalue weighted by atomic mass is 16.7. The van der Waals surface area contributed by atoms with Gasteiger partial charge in [-0.1, -0.05) is 6.08 Å². The summed E-state index contributed by atoms with van der Waals surface area (Å²) in [5.41, 5.74) is 1.76. The van der Waals surface area contributed by atoms with Crippen LogP contribution in [0.15, 0.2) is 70.2 Å². The Morgan fingerprint density at radius 1 is 1.13 bits per heavy atom. The van der Waals surface area contributed by atoms with Crippen LogP contribution in [0, 0.1) is 11.3 Å². The summed E-state index contributed by atoms with van der Waals surface area (Å²) in [5, 5.41) is 8.41. The zero-order chi connectivity index (χ0) is 26.3. The van der Waals surface area contributed by atoms with Gasteiger partial charge in [0.15, 0.2) is 11.6 Å². The lowest BCUT2D eigenvalue weighted by molar-refractivity contribution is -0.122. The molecule has 0 amide bonds. The minimum atomic E-state index is -1.01. The van der Waals surface area contributed by atoms with Gasteiger partial charge in [-0.15, -0.1) is 0 Å². The highest BCUT2D eigenvalue weighted by Gasteiger charge is 2.59. The number of ketones is 2. The van der Waals surface area contributed by atoms with E-state index in [2.05, 4.69) is 10.6 Å². The Morgan fingerprint density at radius 3 is 2.82 bits per heavy atom. The molecule has 1 fully saturated rings. The van der Waals surface area contributed by atoms with E-state index in [1.54, 1.807) is 19.4 Å². The maximum atomic E-state index is 14.0. The lowest BCUT2D eigenvalue weighted by Gasteiger charge is -2.42. The summed E-state index contributed by atoms with van der Waals surface area (Å²) in [4.78, 5) is 32.2. The van der Waals surface area contributed by atoms with E-state index in [9.17, 15) is 9.59 Å². The van der Waals surface area contributed by atoms with Crippen molar-refractivity contribution in [3.8, 4) is 0 Å². The van der Waals surface area contributed by atoms with Crippen molar-refractivity contribution < 1.29 is 33.4 Å². The van der Waals surface area contributed by atoms with Gasteiger partial charge < -0.3 is 29.6 Å². The quantitative estimate of drug-likeness (QED) is 0.434. The molecule has 10 heteroatoms. The Balaban J connectivity index is 1.27. The summed E-state index contributed by atoms with van der Waals surface area (Å²) >= 11 is 0. The molecule has 0 saturated carbocycles. The van der Waals surface area contributed by atoms with Crippen molar-refractivity contribution in [1.82, 2.24) is 15.7 Å². The van der Waals surface area contributed by atoms with Crippen molar-refractivity contribution in [1.29, 1.82) is 0 Å². The zero-order valence-corrected chi connectivity index (χ0v) is 21.7. The average molecular weight is 524 g/mol. The van der Waals surface area contributed by atoms with Gasteiger partial charge in [0, 0.05) is 41.9 Å². The van der Waals surface area contributed by atoms with Crippen molar-refractivity contribution in [2.75, 3.05) is 53.9 Å². The lowest BCUT2D eigenvalue weighted by Crippen LogP contribution is -2.42. The van der Waals surface area contributed by atoms with E-state index in [0.717, 1.165) is 56.8 Å². The molecular weight excluding hydrogens is 490 g/mol. The monoisotopic (exact) mass is 523 g/mol. The van der Waals surface area contributed by atoms with Crippen molar-refractivity contribution in [3.05, 3.63) is 70.2 Å². The summed E-state index contributed by atoms with van der Waals surface area (Å²) in [5.74, 6) is 1.02. The summed E-state index contributed by atoms with van der Waals surface area (Å²) in [6, 6.07) is 0.390. The van der Waals surface area contributed by atoms with Crippen LogP contribution in [0.25, 0.3) is 0 Å². The minimum Gasteiger partial charge on any atom is -0.481 e.